The molecule has 122 valence electrons. The minimum absolute atomic E-state index is 0.0781. The van der Waals surface area contributed by atoms with Crippen molar-refractivity contribution in [1.29, 1.82) is 0 Å². The van der Waals surface area contributed by atoms with Crippen LogP contribution in [-0.2, 0) is 4.79 Å². The molecule has 1 amide bonds. The Morgan fingerprint density at radius 1 is 1.50 bits per heavy atom. The molecule has 0 aromatic heterocycles. The molecule has 1 heterocycles. The summed E-state index contributed by atoms with van der Waals surface area (Å²) in [7, 11) is 1.67. The third-order valence-electron chi connectivity index (χ3n) is 4.63. The van der Waals surface area contributed by atoms with Crippen LogP contribution in [0.5, 0.6) is 5.75 Å². The molecule has 1 aliphatic rings. The largest absolute Gasteiger partial charge is 0.497 e. The molecule has 0 saturated carbocycles. The Kier molecular flexibility index (Phi) is 6.25. The van der Waals surface area contributed by atoms with Crippen molar-refractivity contribution in [2.75, 3.05) is 26.7 Å². The van der Waals surface area contributed by atoms with Gasteiger partial charge < -0.3 is 15.0 Å². The van der Waals surface area contributed by atoms with Gasteiger partial charge in [0.05, 0.1) is 13.2 Å². The van der Waals surface area contributed by atoms with Crippen LogP contribution < -0.4 is 10.1 Å². The van der Waals surface area contributed by atoms with Gasteiger partial charge in [-0.15, -0.1) is 0 Å². The number of carbonyl (C=O) groups excluding carboxylic acids is 1. The summed E-state index contributed by atoms with van der Waals surface area (Å²) in [4.78, 5) is 14.5. The summed E-state index contributed by atoms with van der Waals surface area (Å²) >= 11 is 0. The molecule has 4 nitrogen and oxygen atoms in total. The molecule has 1 aromatic rings. The lowest BCUT2D eigenvalue weighted by Crippen LogP contribution is -2.33. The van der Waals surface area contributed by atoms with Crippen molar-refractivity contribution < 1.29 is 9.53 Å². The average Bonchev–Trinajstić information content (AvgIpc) is 3.07. The Balaban J connectivity index is 1.97. The van der Waals surface area contributed by atoms with Gasteiger partial charge >= 0.3 is 0 Å². The van der Waals surface area contributed by atoms with Crippen molar-refractivity contribution in [3.63, 3.8) is 0 Å². The first-order valence-electron chi connectivity index (χ1n) is 8.29. The van der Waals surface area contributed by atoms with Crippen LogP contribution in [-0.4, -0.2) is 37.6 Å². The van der Waals surface area contributed by atoms with E-state index in [1.165, 1.54) is 6.42 Å². The maximum absolute atomic E-state index is 12.6. The highest BCUT2D eigenvalue weighted by molar-refractivity contribution is 5.76. The van der Waals surface area contributed by atoms with Gasteiger partial charge in [0.25, 0.3) is 0 Å². The fraction of sp³-hybridized carbons (Fsp3) is 0.611. The first kappa shape index (κ1) is 16.8. The number of methoxy groups -OCH3 is 1. The monoisotopic (exact) mass is 304 g/mol. The lowest BCUT2D eigenvalue weighted by atomic mass is 10.0. The van der Waals surface area contributed by atoms with Crippen LogP contribution in [0.15, 0.2) is 24.3 Å². The third kappa shape index (κ3) is 4.23. The minimum atomic E-state index is 0.0781. The van der Waals surface area contributed by atoms with E-state index in [1.807, 2.05) is 30.0 Å². The fourth-order valence-electron chi connectivity index (χ4n) is 3.18. The number of hydrogen-bond acceptors (Lipinski definition) is 3. The number of nitrogens with zero attached hydrogens (tertiary/aromatic N) is 1. The van der Waals surface area contributed by atoms with Crippen molar-refractivity contribution >= 4 is 5.91 Å². The molecule has 0 bridgehead atoms. The zero-order valence-electron chi connectivity index (χ0n) is 14.0. The molecular weight excluding hydrogens is 276 g/mol. The van der Waals surface area contributed by atoms with Gasteiger partial charge in [-0.2, -0.15) is 0 Å². The lowest BCUT2D eigenvalue weighted by Gasteiger charge is -2.29. The van der Waals surface area contributed by atoms with Gasteiger partial charge in [-0.25, -0.2) is 0 Å². The first-order valence-corrected chi connectivity index (χ1v) is 8.29. The highest BCUT2D eigenvalue weighted by atomic mass is 16.5. The number of hydrogen-bond donors (Lipinski definition) is 1. The van der Waals surface area contributed by atoms with E-state index in [2.05, 4.69) is 18.3 Å². The Morgan fingerprint density at radius 2 is 2.32 bits per heavy atom. The van der Waals surface area contributed by atoms with Gasteiger partial charge in [0.2, 0.25) is 5.91 Å². The van der Waals surface area contributed by atoms with Crippen molar-refractivity contribution in [1.82, 2.24) is 10.2 Å². The Hall–Kier alpha value is -1.55. The number of benzene rings is 1. The van der Waals surface area contributed by atoms with Gasteiger partial charge in [0, 0.05) is 13.0 Å². The smallest absolute Gasteiger partial charge is 0.223 e. The normalized spacial score (nSPS) is 19.0. The third-order valence-corrected chi connectivity index (χ3v) is 4.63. The number of rotatable bonds is 7. The van der Waals surface area contributed by atoms with E-state index >= 15 is 0 Å². The predicted molar refractivity (Wildman–Crippen MR) is 89.0 cm³/mol. The molecule has 4 heteroatoms. The SMILES string of the molecule is CCN(C(=O)CCC1CCNC1)C(C)c1cccc(OC)c1. The molecule has 0 aliphatic carbocycles. The van der Waals surface area contributed by atoms with Gasteiger partial charge in [-0.1, -0.05) is 12.1 Å². The van der Waals surface area contributed by atoms with Crippen molar-refractivity contribution in [2.24, 2.45) is 5.92 Å². The van der Waals surface area contributed by atoms with Crippen molar-refractivity contribution in [3.8, 4) is 5.75 Å². The van der Waals surface area contributed by atoms with Crippen LogP contribution in [0.2, 0.25) is 0 Å². The quantitative estimate of drug-likeness (QED) is 0.842. The van der Waals surface area contributed by atoms with Crippen LogP contribution in [0.1, 0.15) is 44.7 Å². The van der Waals surface area contributed by atoms with E-state index in [0.29, 0.717) is 12.3 Å². The van der Waals surface area contributed by atoms with Gasteiger partial charge in [0.1, 0.15) is 5.75 Å². The van der Waals surface area contributed by atoms with E-state index in [4.69, 9.17) is 4.74 Å². The van der Waals surface area contributed by atoms with Crippen LogP contribution in [0.25, 0.3) is 0 Å². The number of carbonyl (C=O) groups is 1. The summed E-state index contributed by atoms with van der Waals surface area (Å²) in [6, 6.07) is 8.06. The van der Waals surface area contributed by atoms with Crippen LogP contribution in [0.3, 0.4) is 0 Å². The van der Waals surface area contributed by atoms with Gasteiger partial charge in [-0.05, 0) is 63.4 Å². The molecular formula is C18H28N2O2. The Morgan fingerprint density at radius 3 is 2.95 bits per heavy atom. The molecule has 2 atom stereocenters. The second-order valence-electron chi connectivity index (χ2n) is 6.03. The second kappa shape index (κ2) is 8.18. The van der Waals surface area contributed by atoms with E-state index < -0.39 is 0 Å². The highest BCUT2D eigenvalue weighted by Gasteiger charge is 2.22. The zero-order valence-corrected chi connectivity index (χ0v) is 14.0. The second-order valence-corrected chi connectivity index (χ2v) is 6.03. The molecule has 1 aliphatic heterocycles. The molecule has 1 saturated heterocycles. The summed E-state index contributed by atoms with van der Waals surface area (Å²) in [6.45, 7) is 7.03. The molecule has 2 unspecified atom stereocenters. The van der Waals surface area contributed by atoms with Crippen LogP contribution in [0.4, 0.5) is 0 Å². The number of amides is 1. The number of nitrogens with one attached hydrogen (secondary N) is 1. The van der Waals surface area contributed by atoms with Crippen LogP contribution in [0, 0.1) is 5.92 Å². The number of ether oxygens (including phenoxy) is 1. The first-order chi connectivity index (χ1) is 10.7. The molecule has 1 N–H and O–H groups in total. The molecule has 2 rings (SSSR count). The zero-order chi connectivity index (χ0) is 15.9. The average molecular weight is 304 g/mol. The van der Waals surface area contributed by atoms with E-state index in [-0.39, 0.29) is 11.9 Å². The Bertz CT molecular complexity index is 484. The molecule has 1 aromatic carbocycles. The standard InChI is InChI=1S/C18H28N2O2/c1-4-20(18(21)9-8-15-10-11-19-13-15)14(2)16-6-5-7-17(12-16)22-3/h5-7,12,14-15,19H,4,8-11,13H2,1-3H3. The summed E-state index contributed by atoms with van der Waals surface area (Å²) in [6.07, 6.45) is 2.84. The molecule has 0 radical (unpaired) electrons. The Labute approximate surface area is 133 Å². The van der Waals surface area contributed by atoms with E-state index in [1.54, 1.807) is 7.11 Å². The highest BCUT2D eigenvalue weighted by Crippen LogP contribution is 2.25. The van der Waals surface area contributed by atoms with Crippen LogP contribution >= 0.6 is 0 Å². The maximum atomic E-state index is 12.6. The predicted octanol–water partition coefficient (Wildman–Crippen LogP) is 2.99. The minimum Gasteiger partial charge on any atom is -0.497 e. The maximum Gasteiger partial charge on any atom is 0.223 e. The summed E-state index contributed by atoms with van der Waals surface area (Å²) < 4.78 is 5.28. The molecule has 0 spiro atoms. The van der Waals surface area contributed by atoms with E-state index in [9.17, 15) is 4.79 Å². The van der Waals surface area contributed by atoms with E-state index in [0.717, 1.165) is 37.4 Å². The van der Waals surface area contributed by atoms with Crippen molar-refractivity contribution in [2.45, 2.75) is 39.2 Å². The summed E-state index contributed by atoms with van der Waals surface area (Å²) in [5.74, 6) is 1.75. The van der Waals surface area contributed by atoms with Gasteiger partial charge in [-0.3, -0.25) is 4.79 Å². The topological polar surface area (TPSA) is 41.6 Å². The van der Waals surface area contributed by atoms with Gasteiger partial charge in [0.15, 0.2) is 0 Å². The fourth-order valence-corrected chi connectivity index (χ4v) is 3.18. The summed E-state index contributed by atoms with van der Waals surface area (Å²) in [5, 5.41) is 3.36. The lowest BCUT2D eigenvalue weighted by molar-refractivity contribution is -0.133. The summed E-state index contributed by atoms with van der Waals surface area (Å²) in [5.41, 5.74) is 1.12. The molecule has 1 fully saturated rings. The molecule has 22 heavy (non-hydrogen) atoms. The van der Waals surface area contributed by atoms with Crippen molar-refractivity contribution in [3.05, 3.63) is 29.8 Å².